The predicted molar refractivity (Wildman–Crippen MR) is 131 cm³/mol. The number of nitriles is 1. The van der Waals surface area contributed by atoms with Gasteiger partial charge in [0.15, 0.2) is 0 Å². The fourth-order valence-electron chi connectivity index (χ4n) is 3.87. The Hall–Kier alpha value is -3.28. The molecule has 0 saturated carbocycles. The number of hydrogen-bond acceptors (Lipinski definition) is 6. The van der Waals surface area contributed by atoms with E-state index in [0.717, 1.165) is 5.69 Å². The number of piperazine rings is 1. The van der Waals surface area contributed by atoms with Crippen LogP contribution in [0.1, 0.15) is 18.3 Å². The topological polar surface area (TPSA) is 87.3 Å². The van der Waals surface area contributed by atoms with Crippen LogP contribution in [0.15, 0.2) is 36.4 Å². The first-order valence-electron chi connectivity index (χ1n) is 11.0. The molecule has 0 spiro atoms. The number of aromatic nitrogens is 3. The number of rotatable bonds is 6. The van der Waals surface area contributed by atoms with E-state index in [2.05, 4.69) is 15.0 Å². The molecular weight excluding hydrogens is 475 g/mol. The fraction of sp³-hybridized carbons (Fsp3) is 0.333. The highest BCUT2D eigenvalue weighted by Gasteiger charge is 2.24. The predicted octanol–water partition coefficient (Wildman–Crippen LogP) is 4.18. The first-order valence-corrected chi connectivity index (χ1v) is 11.7. The van der Waals surface area contributed by atoms with Crippen molar-refractivity contribution in [2.75, 3.05) is 37.7 Å². The van der Waals surface area contributed by atoms with E-state index in [1.54, 1.807) is 22.9 Å². The molecule has 1 amide bonds. The Morgan fingerprint density at radius 1 is 1.18 bits per heavy atom. The summed E-state index contributed by atoms with van der Waals surface area (Å²) in [5.74, 6) is 0.634. The van der Waals surface area contributed by atoms with Gasteiger partial charge < -0.3 is 14.5 Å². The van der Waals surface area contributed by atoms with Crippen LogP contribution in [0.25, 0.3) is 11.4 Å². The van der Waals surface area contributed by atoms with E-state index in [0.29, 0.717) is 65.7 Å². The molecule has 0 bridgehead atoms. The van der Waals surface area contributed by atoms with Gasteiger partial charge >= 0.3 is 0 Å². The molecule has 1 aromatic carbocycles. The van der Waals surface area contributed by atoms with Gasteiger partial charge in [0.1, 0.15) is 29.8 Å². The highest BCUT2D eigenvalue weighted by molar-refractivity contribution is 6.33. The van der Waals surface area contributed by atoms with Crippen LogP contribution in [0.4, 0.5) is 5.69 Å². The molecule has 1 saturated heterocycles. The van der Waals surface area contributed by atoms with Crippen molar-refractivity contribution < 1.29 is 9.53 Å². The number of halogens is 2. The Labute approximate surface area is 208 Å². The summed E-state index contributed by atoms with van der Waals surface area (Å²) in [6.45, 7) is 6.96. The summed E-state index contributed by atoms with van der Waals surface area (Å²) in [5.41, 5.74) is 2.94. The van der Waals surface area contributed by atoms with Gasteiger partial charge in [-0.25, -0.2) is 4.98 Å². The number of ether oxygens (including phenoxy) is 1. The lowest BCUT2D eigenvalue weighted by molar-refractivity contribution is -0.132. The maximum absolute atomic E-state index is 13.0. The monoisotopic (exact) mass is 498 g/mol. The first kappa shape index (κ1) is 23.9. The van der Waals surface area contributed by atoms with Gasteiger partial charge in [-0.2, -0.15) is 10.4 Å². The summed E-state index contributed by atoms with van der Waals surface area (Å²) in [6.07, 6.45) is 0. The van der Waals surface area contributed by atoms with Crippen LogP contribution in [-0.2, 0) is 11.3 Å². The fourth-order valence-corrected chi connectivity index (χ4v) is 4.27. The van der Waals surface area contributed by atoms with E-state index in [4.69, 9.17) is 33.2 Å². The first-order chi connectivity index (χ1) is 16.4. The van der Waals surface area contributed by atoms with Crippen molar-refractivity contribution in [3.8, 4) is 23.2 Å². The molecule has 3 aromatic rings. The lowest BCUT2D eigenvalue weighted by atomic mass is 10.2. The number of benzene rings is 1. The average molecular weight is 499 g/mol. The van der Waals surface area contributed by atoms with Gasteiger partial charge in [0.25, 0.3) is 0 Å². The Kier molecular flexibility index (Phi) is 7.25. The van der Waals surface area contributed by atoms with E-state index in [1.807, 2.05) is 43.0 Å². The number of carbonyl (C=O) groups is 1. The molecule has 1 fully saturated rings. The van der Waals surface area contributed by atoms with E-state index in [-0.39, 0.29) is 18.1 Å². The molecule has 2 aromatic heterocycles. The number of amides is 1. The molecule has 34 heavy (non-hydrogen) atoms. The van der Waals surface area contributed by atoms with Crippen molar-refractivity contribution in [3.05, 3.63) is 57.8 Å². The van der Waals surface area contributed by atoms with Gasteiger partial charge in [0.2, 0.25) is 5.91 Å². The molecule has 1 aliphatic rings. The lowest BCUT2D eigenvalue weighted by Gasteiger charge is -2.36. The lowest BCUT2D eigenvalue weighted by Crippen LogP contribution is -2.49. The van der Waals surface area contributed by atoms with Crippen molar-refractivity contribution in [3.63, 3.8) is 0 Å². The van der Waals surface area contributed by atoms with E-state index < -0.39 is 0 Å². The Morgan fingerprint density at radius 3 is 2.65 bits per heavy atom. The molecular formula is C24H24Cl2N6O2. The second-order valence-electron chi connectivity index (χ2n) is 7.84. The molecule has 4 rings (SSSR count). The summed E-state index contributed by atoms with van der Waals surface area (Å²) in [4.78, 5) is 21.3. The van der Waals surface area contributed by atoms with Crippen LogP contribution < -0.4 is 9.64 Å². The van der Waals surface area contributed by atoms with Gasteiger partial charge in [0.05, 0.1) is 28.0 Å². The van der Waals surface area contributed by atoms with Gasteiger partial charge in [-0.15, -0.1) is 0 Å². The maximum Gasteiger partial charge on any atom is 0.244 e. The van der Waals surface area contributed by atoms with Crippen LogP contribution in [0.5, 0.6) is 5.75 Å². The molecule has 176 valence electrons. The molecule has 0 aliphatic carbocycles. The van der Waals surface area contributed by atoms with Crippen LogP contribution >= 0.6 is 23.2 Å². The Balaban J connectivity index is 1.42. The summed E-state index contributed by atoms with van der Waals surface area (Å²) in [5, 5.41) is 14.6. The minimum absolute atomic E-state index is 0.0293. The minimum atomic E-state index is -0.0293. The van der Waals surface area contributed by atoms with E-state index >= 15 is 0 Å². The molecule has 8 nitrogen and oxygen atoms in total. The number of carbonyl (C=O) groups excluding carboxylic acids is 1. The maximum atomic E-state index is 13.0. The Bertz CT molecular complexity index is 1240. The normalized spacial score (nSPS) is 13.6. The standard InChI is InChI=1S/C24H24Cl2N6O2/c1-3-34-21-13-18(7-8-19(21)25)30-9-11-31(12-10-30)22(33)15-32-16(2)23(26)24(29-32)20-6-4-5-17(14-27)28-20/h4-8,13H,3,9-12,15H2,1-2H3. The SMILES string of the molecule is CCOc1cc(N2CCN(C(=O)Cn3nc(-c4cccc(C#N)n4)c(Cl)c3C)CC2)ccc1Cl. The number of hydrogen-bond donors (Lipinski definition) is 0. The second-order valence-corrected chi connectivity index (χ2v) is 8.63. The minimum Gasteiger partial charge on any atom is -0.492 e. The van der Waals surface area contributed by atoms with Crippen LogP contribution in [0.2, 0.25) is 10.0 Å². The highest BCUT2D eigenvalue weighted by atomic mass is 35.5. The molecule has 0 radical (unpaired) electrons. The molecule has 1 aliphatic heterocycles. The zero-order chi connectivity index (χ0) is 24.2. The molecule has 10 heteroatoms. The highest BCUT2D eigenvalue weighted by Crippen LogP contribution is 2.31. The summed E-state index contributed by atoms with van der Waals surface area (Å²) >= 11 is 12.7. The number of nitrogens with zero attached hydrogens (tertiary/aromatic N) is 6. The summed E-state index contributed by atoms with van der Waals surface area (Å²) in [6, 6.07) is 12.8. The van der Waals surface area contributed by atoms with Crippen LogP contribution in [0.3, 0.4) is 0 Å². The van der Waals surface area contributed by atoms with E-state index in [9.17, 15) is 4.79 Å². The third-order valence-corrected chi connectivity index (χ3v) is 6.50. The van der Waals surface area contributed by atoms with Crippen molar-refractivity contribution in [1.82, 2.24) is 19.7 Å². The summed E-state index contributed by atoms with van der Waals surface area (Å²) in [7, 11) is 0. The van der Waals surface area contributed by atoms with Gasteiger partial charge in [0, 0.05) is 37.9 Å². The average Bonchev–Trinajstić information content (AvgIpc) is 3.14. The molecule has 0 unspecified atom stereocenters. The third-order valence-electron chi connectivity index (χ3n) is 5.74. The van der Waals surface area contributed by atoms with Gasteiger partial charge in [-0.3, -0.25) is 9.48 Å². The van der Waals surface area contributed by atoms with Crippen LogP contribution in [-0.4, -0.2) is 58.4 Å². The van der Waals surface area contributed by atoms with E-state index in [1.165, 1.54) is 0 Å². The molecule has 0 atom stereocenters. The summed E-state index contributed by atoms with van der Waals surface area (Å²) < 4.78 is 7.20. The zero-order valence-electron chi connectivity index (χ0n) is 19.0. The third kappa shape index (κ3) is 4.96. The van der Waals surface area contributed by atoms with Crippen molar-refractivity contribution in [1.29, 1.82) is 5.26 Å². The smallest absolute Gasteiger partial charge is 0.244 e. The number of pyridine rings is 1. The van der Waals surface area contributed by atoms with Crippen molar-refractivity contribution >= 4 is 34.8 Å². The zero-order valence-corrected chi connectivity index (χ0v) is 20.5. The van der Waals surface area contributed by atoms with Crippen LogP contribution in [0, 0.1) is 18.3 Å². The number of anilines is 1. The van der Waals surface area contributed by atoms with Gasteiger partial charge in [-0.05, 0) is 38.1 Å². The second kappa shape index (κ2) is 10.3. The van der Waals surface area contributed by atoms with Crippen molar-refractivity contribution in [2.45, 2.75) is 20.4 Å². The van der Waals surface area contributed by atoms with Gasteiger partial charge in [-0.1, -0.05) is 29.3 Å². The molecule has 3 heterocycles. The largest absolute Gasteiger partial charge is 0.492 e. The van der Waals surface area contributed by atoms with Crippen molar-refractivity contribution in [2.24, 2.45) is 0 Å². The quantitative estimate of drug-likeness (QED) is 0.506. The molecule has 0 N–H and O–H groups in total. The Morgan fingerprint density at radius 2 is 1.94 bits per heavy atom.